The summed E-state index contributed by atoms with van der Waals surface area (Å²) in [5.41, 5.74) is 2.73. The van der Waals surface area contributed by atoms with Gasteiger partial charge in [-0.3, -0.25) is 14.9 Å². The van der Waals surface area contributed by atoms with E-state index >= 15 is 0 Å². The maximum absolute atomic E-state index is 11.8. The molecule has 0 saturated carbocycles. The zero-order valence-corrected chi connectivity index (χ0v) is 11.9. The number of amides is 2. The SMILES string of the molecule is CNc1cc(CCC=O)ccc1NC1CCC(=O)NC1=O. The van der Waals surface area contributed by atoms with Crippen molar-refractivity contribution in [3.63, 3.8) is 0 Å². The van der Waals surface area contributed by atoms with Crippen LogP contribution in [-0.2, 0) is 20.8 Å². The minimum Gasteiger partial charge on any atom is -0.386 e. The number of rotatable bonds is 6. The van der Waals surface area contributed by atoms with Crippen LogP contribution in [-0.4, -0.2) is 31.2 Å². The molecule has 2 amide bonds. The average molecular weight is 289 g/mol. The molecular weight excluding hydrogens is 270 g/mol. The first-order valence-electron chi connectivity index (χ1n) is 6.98. The molecule has 1 aliphatic rings. The van der Waals surface area contributed by atoms with Gasteiger partial charge in [0.05, 0.1) is 11.4 Å². The average Bonchev–Trinajstić information content (AvgIpc) is 2.48. The summed E-state index contributed by atoms with van der Waals surface area (Å²) < 4.78 is 0. The van der Waals surface area contributed by atoms with E-state index in [4.69, 9.17) is 0 Å². The van der Waals surface area contributed by atoms with Crippen LogP contribution < -0.4 is 16.0 Å². The van der Waals surface area contributed by atoms with E-state index in [0.29, 0.717) is 25.7 Å². The van der Waals surface area contributed by atoms with E-state index in [0.717, 1.165) is 23.2 Å². The lowest BCUT2D eigenvalue weighted by Gasteiger charge is -2.24. The molecule has 6 heteroatoms. The molecule has 1 heterocycles. The Kier molecular flexibility index (Phi) is 4.92. The van der Waals surface area contributed by atoms with Gasteiger partial charge < -0.3 is 15.4 Å². The molecular formula is C15H19N3O3. The minimum atomic E-state index is -0.407. The van der Waals surface area contributed by atoms with E-state index < -0.39 is 6.04 Å². The number of carbonyl (C=O) groups excluding carboxylic acids is 3. The highest BCUT2D eigenvalue weighted by atomic mass is 16.2. The molecule has 6 nitrogen and oxygen atoms in total. The molecule has 21 heavy (non-hydrogen) atoms. The first kappa shape index (κ1) is 15.0. The number of aryl methyl sites for hydroxylation is 1. The van der Waals surface area contributed by atoms with Crippen LogP contribution in [0.3, 0.4) is 0 Å². The monoisotopic (exact) mass is 289 g/mol. The van der Waals surface area contributed by atoms with Gasteiger partial charge in [-0.2, -0.15) is 0 Å². The summed E-state index contributed by atoms with van der Waals surface area (Å²) in [6.45, 7) is 0. The summed E-state index contributed by atoms with van der Waals surface area (Å²) in [6.07, 6.45) is 2.91. The van der Waals surface area contributed by atoms with E-state index in [-0.39, 0.29) is 11.8 Å². The molecule has 1 saturated heterocycles. The normalized spacial score (nSPS) is 18.0. The van der Waals surface area contributed by atoms with Gasteiger partial charge in [-0.1, -0.05) is 6.07 Å². The van der Waals surface area contributed by atoms with Crippen LogP contribution in [0.1, 0.15) is 24.8 Å². The van der Waals surface area contributed by atoms with Crippen molar-refractivity contribution in [1.29, 1.82) is 0 Å². The summed E-state index contributed by atoms with van der Waals surface area (Å²) in [5, 5.41) is 8.56. The van der Waals surface area contributed by atoms with Gasteiger partial charge in [-0.15, -0.1) is 0 Å². The third kappa shape index (κ3) is 3.81. The van der Waals surface area contributed by atoms with Crippen molar-refractivity contribution in [3.05, 3.63) is 23.8 Å². The Morgan fingerprint density at radius 3 is 2.81 bits per heavy atom. The summed E-state index contributed by atoms with van der Waals surface area (Å²) in [4.78, 5) is 33.3. The van der Waals surface area contributed by atoms with Gasteiger partial charge in [0.15, 0.2) is 0 Å². The lowest BCUT2D eigenvalue weighted by Crippen LogP contribution is -2.47. The van der Waals surface area contributed by atoms with Crippen LogP contribution in [0.4, 0.5) is 11.4 Å². The van der Waals surface area contributed by atoms with Gasteiger partial charge in [0.2, 0.25) is 11.8 Å². The maximum atomic E-state index is 11.8. The Morgan fingerprint density at radius 1 is 1.33 bits per heavy atom. The van der Waals surface area contributed by atoms with Crippen LogP contribution in [0, 0.1) is 0 Å². The third-order valence-electron chi connectivity index (χ3n) is 3.47. The first-order valence-corrected chi connectivity index (χ1v) is 6.98. The summed E-state index contributed by atoms with van der Waals surface area (Å²) in [7, 11) is 1.80. The molecule has 3 N–H and O–H groups in total. The molecule has 1 unspecified atom stereocenters. The fourth-order valence-corrected chi connectivity index (χ4v) is 2.32. The second-order valence-corrected chi connectivity index (χ2v) is 4.98. The Balaban J connectivity index is 2.10. The first-order chi connectivity index (χ1) is 10.1. The molecule has 1 aromatic carbocycles. The molecule has 1 aliphatic heterocycles. The van der Waals surface area contributed by atoms with Gasteiger partial charge >= 0.3 is 0 Å². The molecule has 1 fully saturated rings. The third-order valence-corrected chi connectivity index (χ3v) is 3.47. The fraction of sp³-hybridized carbons (Fsp3) is 0.400. The molecule has 1 atom stereocenters. The van der Waals surface area contributed by atoms with Crippen LogP contribution >= 0.6 is 0 Å². The number of carbonyl (C=O) groups is 3. The quantitative estimate of drug-likeness (QED) is 0.539. The Bertz CT molecular complexity index is 557. The van der Waals surface area contributed by atoms with Gasteiger partial charge in [0.25, 0.3) is 0 Å². The molecule has 0 spiro atoms. The second-order valence-electron chi connectivity index (χ2n) is 4.98. The molecule has 112 valence electrons. The molecule has 0 radical (unpaired) electrons. The van der Waals surface area contributed by atoms with Crippen LogP contribution in [0.5, 0.6) is 0 Å². The zero-order chi connectivity index (χ0) is 15.2. The largest absolute Gasteiger partial charge is 0.386 e. The number of piperidine rings is 1. The van der Waals surface area contributed by atoms with Crippen LogP contribution in [0.15, 0.2) is 18.2 Å². The number of nitrogens with one attached hydrogen (secondary N) is 3. The number of hydrogen-bond donors (Lipinski definition) is 3. The van der Waals surface area contributed by atoms with Crippen molar-refractivity contribution in [2.24, 2.45) is 0 Å². The number of anilines is 2. The lowest BCUT2D eigenvalue weighted by molar-refractivity contribution is -0.133. The van der Waals surface area contributed by atoms with Crippen molar-refractivity contribution in [2.75, 3.05) is 17.7 Å². The Hall–Kier alpha value is -2.37. The zero-order valence-electron chi connectivity index (χ0n) is 11.9. The summed E-state index contributed by atoms with van der Waals surface area (Å²) in [5.74, 6) is -0.519. The van der Waals surface area contributed by atoms with Crippen LogP contribution in [0.2, 0.25) is 0 Å². The predicted molar refractivity (Wildman–Crippen MR) is 80.2 cm³/mol. The van der Waals surface area contributed by atoms with Crippen molar-refractivity contribution in [1.82, 2.24) is 5.32 Å². The van der Waals surface area contributed by atoms with E-state index in [1.54, 1.807) is 7.05 Å². The fourth-order valence-electron chi connectivity index (χ4n) is 2.32. The van der Waals surface area contributed by atoms with E-state index in [1.165, 1.54) is 0 Å². The van der Waals surface area contributed by atoms with Crippen LogP contribution in [0.25, 0.3) is 0 Å². The second kappa shape index (κ2) is 6.88. The van der Waals surface area contributed by atoms with Crippen molar-refractivity contribution in [2.45, 2.75) is 31.7 Å². The highest BCUT2D eigenvalue weighted by Gasteiger charge is 2.26. The Morgan fingerprint density at radius 2 is 2.14 bits per heavy atom. The number of imide groups is 1. The molecule has 0 aromatic heterocycles. The topological polar surface area (TPSA) is 87.3 Å². The number of hydrogen-bond acceptors (Lipinski definition) is 5. The van der Waals surface area contributed by atoms with E-state index in [2.05, 4.69) is 16.0 Å². The summed E-state index contributed by atoms with van der Waals surface area (Å²) in [6, 6.07) is 5.36. The highest BCUT2D eigenvalue weighted by Crippen LogP contribution is 2.25. The van der Waals surface area contributed by atoms with Crippen molar-refractivity contribution < 1.29 is 14.4 Å². The maximum Gasteiger partial charge on any atom is 0.249 e. The highest BCUT2D eigenvalue weighted by molar-refractivity contribution is 6.01. The van der Waals surface area contributed by atoms with Crippen molar-refractivity contribution >= 4 is 29.5 Å². The summed E-state index contributed by atoms with van der Waals surface area (Å²) >= 11 is 0. The lowest BCUT2D eigenvalue weighted by atomic mass is 10.0. The standard InChI is InChI=1S/C15H19N3O3/c1-16-13-9-10(3-2-8-19)4-5-11(13)17-12-6-7-14(20)18-15(12)21/h4-5,8-9,12,16-17H,2-3,6-7H2,1H3,(H,18,20,21). The smallest absolute Gasteiger partial charge is 0.249 e. The predicted octanol–water partition coefficient (Wildman–Crippen LogP) is 1.08. The molecule has 1 aromatic rings. The number of aldehydes is 1. The van der Waals surface area contributed by atoms with Gasteiger partial charge in [-0.25, -0.2) is 0 Å². The molecule has 0 bridgehead atoms. The molecule has 2 rings (SSSR count). The van der Waals surface area contributed by atoms with E-state index in [9.17, 15) is 14.4 Å². The minimum absolute atomic E-state index is 0.226. The molecule has 0 aliphatic carbocycles. The van der Waals surface area contributed by atoms with Gasteiger partial charge in [0.1, 0.15) is 12.3 Å². The van der Waals surface area contributed by atoms with Gasteiger partial charge in [-0.05, 0) is 30.5 Å². The van der Waals surface area contributed by atoms with Gasteiger partial charge in [0, 0.05) is 19.9 Å². The van der Waals surface area contributed by atoms with Crippen molar-refractivity contribution in [3.8, 4) is 0 Å². The Labute approximate surface area is 123 Å². The van der Waals surface area contributed by atoms with E-state index in [1.807, 2.05) is 18.2 Å². The number of benzene rings is 1.